The molecule has 1 aromatic rings. The third-order valence-electron chi connectivity index (χ3n) is 19.7. The number of amides is 3. The predicted molar refractivity (Wildman–Crippen MR) is 507 cm³/mol. The van der Waals surface area contributed by atoms with Crippen molar-refractivity contribution in [1.29, 1.82) is 0 Å². The van der Waals surface area contributed by atoms with Crippen molar-refractivity contribution in [2.45, 2.75) is 347 Å². The van der Waals surface area contributed by atoms with E-state index in [-0.39, 0.29) is 47.5 Å². The number of carbonyl (C=O) groups excluding carboxylic acids is 3. The van der Waals surface area contributed by atoms with Gasteiger partial charge in [-0.2, -0.15) is 10.2 Å². The molecule has 6 aliphatic rings. The number of methoxy groups -OCH3 is 2. The molecule has 3 unspecified atom stereocenters. The van der Waals surface area contributed by atoms with E-state index in [9.17, 15) is 53.5 Å². The highest BCUT2D eigenvalue weighted by Gasteiger charge is 2.56. The van der Waals surface area contributed by atoms with Crippen LogP contribution in [0.15, 0.2) is 19.8 Å². The molecule has 120 heavy (non-hydrogen) atoms. The molecule has 3 amide bonds. The van der Waals surface area contributed by atoms with Gasteiger partial charge in [0.2, 0.25) is 17.7 Å². The highest BCUT2D eigenvalue weighted by Crippen LogP contribution is 2.51. The number of hydrazone groups is 1. The minimum absolute atomic E-state index is 0.130. The maximum atomic E-state index is 12.2. The molecule has 0 spiro atoms. The predicted octanol–water partition coefficient (Wildman–Crippen LogP) is 20.9. The van der Waals surface area contributed by atoms with Gasteiger partial charge >= 0.3 is 0 Å². The van der Waals surface area contributed by atoms with Gasteiger partial charge in [0.15, 0.2) is 23.1 Å². The van der Waals surface area contributed by atoms with Gasteiger partial charge in [-0.15, -0.1) is 0 Å². The van der Waals surface area contributed by atoms with Crippen LogP contribution in [0.3, 0.4) is 0 Å². The Kier molecular flexibility index (Phi) is 73.9. The van der Waals surface area contributed by atoms with Crippen LogP contribution in [0.2, 0.25) is 0 Å². The van der Waals surface area contributed by atoms with Crippen LogP contribution < -0.4 is 16.0 Å². The number of halogens is 2. The van der Waals surface area contributed by atoms with Crippen molar-refractivity contribution in [1.82, 2.24) is 21.1 Å². The molecule has 0 radical (unpaired) electrons. The molecule has 5 heterocycles. The molecule has 714 valence electrons. The Morgan fingerprint density at radius 2 is 1.02 bits per heavy atom. The Morgan fingerprint density at radius 1 is 0.592 bits per heavy atom. The van der Waals surface area contributed by atoms with Gasteiger partial charge in [-0.25, -0.2) is 34.0 Å². The molecule has 0 aromatic carbocycles. The summed E-state index contributed by atoms with van der Waals surface area (Å²) >= 11 is 0. The lowest BCUT2D eigenvalue weighted by Crippen LogP contribution is -2.28. The molecule has 21 nitrogen and oxygen atoms in total. The normalized spacial score (nSPS) is 18.4. The van der Waals surface area contributed by atoms with E-state index in [2.05, 4.69) is 167 Å². The Hall–Kier alpha value is -4.11. The van der Waals surface area contributed by atoms with Crippen molar-refractivity contribution in [3.63, 3.8) is 0 Å². The van der Waals surface area contributed by atoms with E-state index in [4.69, 9.17) is 14.0 Å². The molecule has 2 saturated carbocycles. The summed E-state index contributed by atoms with van der Waals surface area (Å²) in [4.78, 5) is 32.4. The van der Waals surface area contributed by atoms with Crippen LogP contribution in [0.1, 0.15) is 326 Å². The first-order valence-electron chi connectivity index (χ1n) is 45.4. The summed E-state index contributed by atoms with van der Waals surface area (Å²) in [5.41, 5.74) is 2.09. The molecule has 1 aromatic heterocycles. The van der Waals surface area contributed by atoms with E-state index in [1.807, 2.05) is 113 Å². The van der Waals surface area contributed by atoms with Crippen molar-refractivity contribution in [3.8, 4) is 0 Å². The quantitative estimate of drug-likeness (QED) is 0.0385. The van der Waals surface area contributed by atoms with E-state index in [1.54, 1.807) is 28.3 Å². The van der Waals surface area contributed by atoms with Gasteiger partial charge in [-0.3, -0.25) is 14.4 Å². The Morgan fingerprint density at radius 3 is 1.28 bits per heavy atom. The summed E-state index contributed by atoms with van der Waals surface area (Å²) < 4.78 is 105. The number of nitrogens with one attached hydrogen (secondary N) is 3. The summed E-state index contributed by atoms with van der Waals surface area (Å²) in [6.07, 6.45) is 29.0. The number of hydrogen-bond donors (Lipinski definition) is 4. The van der Waals surface area contributed by atoms with Gasteiger partial charge in [0.25, 0.3) is 5.92 Å². The smallest absolute Gasteiger partial charge is 0.251 e. The van der Waals surface area contributed by atoms with Crippen molar-refractivity contribution < 1.29 is 72.2 Å². The van der Waals surface area contributed by atoms with Crippen LogP contribution >= 0.6 is 0 Å². The Labute approximate surface area is 737 Å². The number of carbonyl (C=O) groups is 3. The van der Waals surface area contributed by atoms with Gasteiger partial charge in [0.1, 0.15) is 25.4 Å². The summed E-state index contributed by atoms with van der Waals surface area (Å²) in [5, 5.41) is 33.0. The highest BCUT2D eigenvalue weighted by atomic mass is 32.2. The first kappa shape index (κ1) is 127. The minimum atomic E-state index is -2.72. The number of aliphatic hydroxyl groups is 1. The molecule has 26 heteroatoms. The van der Waals surface area contributed by atoms with Crippen molar-refractivity contribution in [3.05, 3.63) is 17.0 Å². The lowest BCUT2D eigenvalue weighted by atomic mass is 9.97. The molecular formula is C94H189F2N8O13S3+. The van der Waals surface area contributed by atoms with Gasteiger partial charge in [0, 0.05) is 120 Å². The van der Waals surface area contributed by atoms with E-state index < -0.39 is 35.4 Å². The number of aromatic nitrogens is 1. The number of aryl methyl sites for hydroxylation is 2. The van der Waals surface area contributed by atoms with E-state index in [0.29, 0.717) is 106 Å². The van der Waals surface area contributed by atoms with E-state index in [1.165, 1.54) is 50.2 Å². The maximum absolute atomic E-state index is 12.2. The number of rotatable bonds is 32. The molecule has 4 aliphatic heterocycles. The highest BCUT2D eigenvalue weighted by molar-refractivity contribution is 7.91. The maximum Gasteiger partial charge on any atom is 0.251 e. The third kappa shape index (κ3) is 86.0. The molecule has 2 aliphatic carbocycles. The fraction of sp³-hybridized carbons (Fsp3) is 0.894. The monoisotopic (exact) mass is 1770 g/mol. The van der Waals surface area contributed by atoms with Gasteiger partial charge in [-0.05, 0) is 205 Å². The van der Waals surface area contributed by atoms with Crippen molar-refractivity contribution >= 4 is 72.1 Å². The first-order chi connectivity index (χ1) is 55.0. The largest absolute Gasteiger partial charge is 0.390 e. The molecule has 4 fully saturated rings. The van der Waals surface area contributed by atoms with Gasteiger partial charge < -0.3 is 35.1 Å². The topological polar surface area (TPSA) is 295 Å². The zero-order chi connectivity index (χ0) is 94.7. The molecule has 4 N–H and O–H groups in total. The second kappa shape index (κ2) is 70.0. The lowest BCUT2D eigenvalue weighted by molar-refractivity contribution is -0.494. The fourth-order valence-corrected chi connectivity index (χ4v) is 15.4. The van der Waals surface area contributed by atoms with Crippen LogP contribution in [-0.2, 0) is 59.8 Å². The van der Waals surface area contributed by atoms with Crippen LogP contribution in [0, 0.1) is 126 Å². The summed E-state index contributed by atoms with van der Waals surface area (Å²) in [6, 6.07) is 0.465. The summed E-state index contributed by atoms with van der Waals surface area (Å²) in [5.74, 6) is 10.3. The molecule has 0 bridgehead atoms. The second-order valence-corrected chi connectivity index (χ2v) is 46.2. The SMILES string of the molecule is CC(C)CC1(O)CC1.CC(C)CC1C=NN=C1.CC(C)CC1C=N[N+](C)=C1.CC(C)CC1CC1(F)F.CC(C)CC1CCS(=O)(=O)C1.CC(C)CCCS(C)(=O)=O.CC(C)CCS(C)(=O)=O.CC(C)C[C@H]1CCC(=O)N1.CNC(=O)[C@@H](C)C(C)C.CNC(=O)[C@H](C)C(C)C.COCCC(C)C.COCCCC(C)C.Cc1noc(C)c1CC(C)C. The zero-order valence-electron chi connectivity index (χ0n) is 83.6. The summed E-state index contributed by atoms with van der Waals surface area (Å²) in [6.45, 7) is 65.1. The van der Waals surface area contributed by atoms with Crippen LogP contribution in [0.5, 0.6) is 0 Å². The number of nitrogens with zero attached hydrogens (tertiary/aromatic N) is 5. The standard InChI is InChI=1S/C9H15NO.C8H15N2.C8H15NO.C8H16O2S.C7H12F2.C7H12N2.2C7H15NO.C7H16O2S.C7H14O.C7H16O.C6H14O2S.C6H14O/c1-6(2)5-9-7(3)10-11-8(9)4;1-7(2)4-8-5-9-10(3)6-8;1-6(2)5-7-3-4-8(10)9-7;1-7(2)5-8-3-4-11(9,10)6-8;1-5(2)3-6-4-7(6,8)9;1-6(2)3-7-4-8-9-5-7;2*1-5(2)6(3)7(9)8-4;1-7(2)5-4-6-10(3,8)9;1-6(2)5-7(8)3-4-7;1-7(2)5-4-6-8-3;1-6(2)4-5-9(3,7)8;1-6(2)4-5-7-3/h6H,5H2,1-4H3;5-8H,4H2,1-3H3;6-7H,3-5H2,1-2H3,(H,9,10);7-8H,3-6H2,1-2H3;5-6H,3-4H2,1-2H3;4-7H,3H2,1-2H3;2*5-6H,1-4H3,(H,8,9);7H,4-6H2,1-3H3;6,8H,3-5H2,1-2H3;7H,4-6H2,1-3H3;6H,4-5H2,1-3H3;6H,4-5H2,1-3H3/q;+1;;;;;;;;;;;/t;;7-;;;;2*6-;;;;;/m..1...10...../s1. The zero-order valence-corrected chi connectivity index (χ0v) is 86.0. The first-order valence-corrected chi connectivity index (χ1v) is 51.4. The van der Waals surface area contributed by atoms with Crippen LogP contribution in [-0.4, -0.2) is 184 Å². The van der Waals surface area contributed by atoms with Crippen LogP contribution in [0.4, 0.5) is 8.78 Å². The number of alkyl halides is 2. The van der Waals surface area contributed by atoms with Crippen molar-refractivity contribution in [2.75, 3.05) is 84.1 Å². The lowest BCUT2D eigenvalue weighted by Gasteiger charge is -2.12. The number of hydrogen-bond acceptors (Lipinski definition) is 17. The van der Waals surface area contributed by atoms with E-state index in [0.717, 1.165) is 125 Å². The molecule has 7 rings (SSSR count). The third-order valence-corrected chi connectivity index (χ3v) is 23.6. The molecule has 6 atom stereocenters. The van der Waals surface area contributed by atoms with Gasteiger partial charge in [-0.1, -0.05) is 210 Å². The number of sulfone groups is 3. The minimum Gasteiger partial charge on any atom is -0.390 e. The fourth-order valence-electron chi connectivity index (χ4n) is 12.0. The van der Waals surface area contributed by atoms with Crippen LogP contribution in [0.25, 0.3) is 0 Å². The average molecular weight is 1770 g/mol. The Balaban J connectivity index is -0.000000294. The summed E-state index contributed by atoms with van der Waals surface area (Å²) in [7, 11) is 0.714. The van der Waals surface area contributed by atoms with E-state index >= 15 is 0 Å². The molecule has 2 saturated heterocycles. The number of ether oxygens (including phenoxy) is 2. The molecular weight excluding hydrogens is 1580 g/mol. The Bertz CT molecular complexity index is 3160. The van der Waals surface area contributed by atoms with Crippen molar-refractivity contribution in [2.24, 2.45) is 128 Å². The van der Waals surface area contributed by atoms with Gasteiger partial charge in [0.05, 0.1) is 40.7 Å². The second-order valence-electron chi connectivity index (χ2n) is 39.4. The average Bonchev–Trinajstić information content (AvgIpc) is 1.64.